The van der Waals surface area contributed by atoms with Gasteiger partial charge in [-0.05, 0) is 42.7 Å². The van der Waals surface area contributed by atoms with Gasteiger partial charge in [0.25, 0.3) is 0 Å². The fourth-order valence-electron chi connectivity index (χ4n) is 2.89. The SMILES string of the molecule is COc1c(C(=O)C2Cc3ccccc3N2)ccc(C)c1C. The van der Waals surface area contributed by atoms with E-state index in [1.165, 1.54) is 5.56 Å². The van der Waals surface area contributed by atoms with Crippen molar-refractivity contribution in [2.45, 2.75) is 26.3 Å². The third-order valence-corrected chi connectivity index (χ3v) is 4.23. The lowest BCUT2D eigenvalue weighted by Gasteiger charge is -2.16. The first kappa shape index (κ1) is 13.7. The predicted molar refractivity (Wildman–Crippen MR) is 84.4 cm³/mol. The van der Waals surface area contributed by atoms with Crippen LogP contribution in [0.5, 0.6) is 5.75 Å². The van der Waals surface area contributed by atoms with Crippen molar-refractivity contribution in [1.29, 1.82) is 0 Å². The highest BCUT2D eigenvalue weighted by atomic mass is 16.5. The quantitative estimate of drug-likeness (QED) is 0.875. The summed E-state index contributed by atoms with van der Waals surface area (Å²) in [5.74, 6) is 0.781. The van der Waals surface area contributed by atoms with E-state index in [4.69, 9.17) is 4.74 Å². The Morgan fingerprint density at radius 1 is 1.19 bits per heavy atom. The van der Waals surface area contributed by atoms with Gasteiger partial charge in [0.05, 0.1) is 18.7 Å². The van der Waals surface area contributed by atoms with E-state index in [1.807, 2.05) is 44.2 Å². The molecule has 0 spiro atoms. The summed E-state index contributed by atoms with van der Waals surface area (Å²) >= 11 is 0. The molecule has 0 saturated heterocycles. The van der Waals surface area contributed by atoms with Crippen molar-refractivity contribution in [3.8, 4) is 5.75 Å². The summed E-state index contributed by atoms with van der Waals surface area (Å²) in [6.45, 7) is 4.01. The maximum absolute atomic E-state index is 12.8. The molecule has 1 heterocycles. The number of rotatable bonds is 3. The lowest BCUT2D eigenvalue weighted by atomic mass is 9.96. The Kier molecular flexibility index (Phi) is 3.42. The molecule has 3 heteroatoms. The van der Waals surface area contributed by atoms with Crippen molar-refractivity contribution < 1.29 is 9.53 Å². The minimum Gasteiger partial charge on any atom is -0.496 e. The standard InChI is InChI=1S/C18H19NO2/c1-11-8-9-14(18(21-3)12(11)2)17(20)16-10-13-6-4-5-7-15(13)19-16/h4-9,16,19H,10H2,1-3H3. The first-order chi connectivity index (χ1) is 10.1. The molecule has 0 radical (unpaired) electrons. The summed E-state index contributed by atoms with van der Waals surface area (Å²) < 4.78 is 5.47. The summed E-state index contributed by atoms with van der Waals surface area (Å²) in [7, 11) is 1.62. The van der Waals surface area contributed by atoms with E-state index in [9.17, 15) is 4.79 Å². The van der Waals surface area contributed by atoms with Gasteiger partial charge in [-0.2, -0.15) is 0 Å². The number of benzene rings is 2. The van der Waals surface area contributed by atoms with Crippen LogP contribution in [-0.4, -0.2) is 18.9 Å². The maximum Gasteiger partial charge on any atom is 0.189 e. The number of hydrogen-bond acceptors (Lipinski definition) is 3. The largest absolute Gasteiger partial charge is 0.496 e. The zero-order valence-corrected chi connectivity index (χ0v) is 12.6. The molecule has 0 fully saturated rings. The van der Waals surface area contributed by atoms with Crippen molar-refractivity contribution in [1.82, 2.24) is 0 Å². The molecule has 108 valence electrons. The van der Waals surface area contributed by atoms with Crippen LogP contribution in [0.1, 0.15) is 27.0 Å². The number of methoxy groups -OCH3 is 1. The highest BCUT2D eigenvalue weighted by Crippen LogP contribution is 2.31. The second-order valence-corrected chi connectivity index (χ2v) is 5.51. The van der Waals surface area contributed by atoms with Gasteiger partial charge in [-0.3, -0.25) is 4.79 Å². The number of nitrogens with one attached hydrogen (secondary N) is 1. The third-order valence-electron chi connectivity index (χ3n) is 4.23. The molecule has 1 aliphatic rings. The van der Waals surface area contributed by atoms with Gasteiger partial charge in [-0.1, -0.05) is 24.3 Å². The van der Waals surface area contributed by atoms with Crippen LogP contribution in [0.25, 0.3) is 0 Å². The molecular weight excluding hydrogens is 262 g/mol. The molecule has 1 aliphatic heterocycles. The van der Waals surface area contributed by atoms with Crippen LogP contribution >= 0.6 is 0 Å². The Bertz CT molecular complexity index is 681. The number of para-hydroxylation sites is 1. The topological polar surface area (TPSA) is 38.3 Å². The smallest absolute Gasteiger partial charge is 0.189 e. The normalized spacial score (nSPS) is 16.2. The van der Waals surface area contributed by atoms with Gasteiger partial charge in [0, 0.05) is 12.1 Å². The van der Waals surface area contributed by atoms with Crippen LogP contribution in [0.2, 0.25) is 0 Å². The van der Waals surface area contributed by atoms with E-state index in [0.29, 0.717) is 11.3 Å². The highest BCUT2D eigenvalue weighted by molar-refractivity contribution is 6.05. The van der Waals surface area contributed by atoms with E-state index >= 15 is 0 Å². The van der Waals surface area contributed by atoms with Gasteiger partial charge >= 0.3 is 0 Å². The van der Waals surface area contributed by atoms with Crippen molar-refractivity contribution in [2.75, 3.05) is 12.4 Å². The Hall–Kier alpha value is -2.29. The lowest BCUT2D eigenvalue weighted by Crippen LogP contribution is -2.27. The summed E-state index contributed by atoms with van der Waals surface area (Å²) in [5, 5.41) is 3.31. The number of ether oxygens (including phenoxy) is 1. The van der Waals surface area contributed by atoms with Gasteiger partial charge in [-0.25, -0.2) is 0 Å². The zero-order valence-electron chi connectivity index (χ0n) is 12.6. The fraction of sp³-hybridized carbons (Fsp3) is 0.278. The highest BCUT2D eigenvalue weighted by Gasteiger charge is 2.29. The van der Waals surface area contributed by atoms with Gasteiger partial charge in [0.15, 0.2) is 5.78 Å². The molecule has 0 aromatic heterocycles. The Morgan fingerprint density at radius 2 is 1.95 bits per heavy atom. The van der Waals surface area contributed by atoms with Crippen LogP contribution in [0, 0.1) is 13.8 Å². The minimum atomic E-state index is -0.210. The average Bonchev–Trinajstić information content (AvgIpc) is 2.93. The van der Waals surface area contributed by atoms with E-state index < -0.39 is 0 Å². The van der Waals surface area contributed by atoms with E-state index in [1.54, 1.807) is 7.11 Å². The van der Waals surface area contributed by atoms with E-state index in [2.05, 4.69) is 11.4 Å². The molecule has 1 atom stereocenters. The number of anilines is 1. The summed E-state index contributed by atoms with van der Waals surface area (Å²) in [6, 6.07) is 11.7. The predicted octanol–water partition coefficient (Wildman–Crippen LogP) is 3.53. The molecule has 0 saturated carbocycles. The lowest BCUT2D eigenvalue weighted by molar-refractivity contribution is 0.0968. The second kappa shape index (κ2) is 5.24. The second-order valence-electron chi connectivity index (χ2n) is 5.51. The van der Waals surface area contributed by atoms with Gasteiger partial charge in [0.1, 0.15) is 5.75 Å². The molecule has 21 heavy (non-hydrogen) atoms. The third kappa shape index (κ3) is 2.29. The molecule has 0 amide bonds. The molecule has 3 rings (SSSR count). The van der Waals surface area contributed by atoms with Gasteiger partial charge < -0.3 is 10.1 Å². The first-order valence-corrected chi connectivity index (χ1v) is 7.14. The zero-order chi connectivity index (χ0) is 15.0. The number of aryl methyl sites for hydroxylation is 1. The van der Waals surface area contributed by atoms with Crippen molar-refractivity contribution >= 4 is 11.5 Å². The fourth-order valence-corrected chi connectivity index (χ4v) is 2.89. The number of hydrogen-bond donors (Lipinski definition) is 1. The summed E-state index contributed by atoms with van der Waals surface area (Å²) in [5.41, 5.74) is 5.06. The van der Waals surface area contributed by atoms with Crippen LogP contribution in [0.3, 0.4) is 0 Å². The van der Waals surface area contributed by atoms with Crippen LogP contribution in [-0.2, 0) is 6.42 Å². The van der Waals surface area contributed by atoms with Gasteiger partial charge in [-0.15, -0.1) is 0 Å². The summed E-state index contributed by atoms with van der Waals surface area (Å²) in [4.78, 5) is 12.8. The van der Waals surface area contributed by atoms with E-state index in [-0.39, 0.29) is 11.8 Å². The average molecular weight is 281 g/mol. The minimum absolute atomic E-state index is 0.0890. The van der Waals surface area contributed by atoms with Crippen LogP contribution < -0.4 is 10.1 Å². The molecule has 1 unspecified atom stereocenters. The van der Waals surface area contributed by atoms with Gasteiger partial charge in [0.2, 0.25) is 0 Å². The Labute approximate surface area is 124 Å². The number of ketones is 1. The van der Waals surface area contributed by atoms with Crippen LogP contribution in [0.4, 0.5) is 5.69 Å². The maximum atomic E-state index is 12.8. The molecule has 2 aromatic carbocycles. The Morgan fingerprint density at radius 3 is 2.67 bits per heavy atom. The number of carbonyl (C=O) groups is 1. The van der Waals surface area contributed by atoms with Crippen molar-refractivity contribution in [2.24, 2.45) is 0 Å². The summed E-state index contributed by atoms with van der Waals surface area (Å²) in [6.07, 6.45) is 0.727. The molecule has 0 aliphatic carbocycles. The monoisotopic (exact) mass is 281 g/mol. The Balaban J connectivity index is 1.93. The first-order valence-electron chi connectivity index (χ1n) is 7.14. The number of fused-ring (bicyclic) bond motifs is 1. The van der Waals surface area contributed by atoms with Crippen molar-refractivity contribution in [3.63, 3.8) is 0 Å². The molecule has 1 N–H and O–H groups in total. The molecule has 2 aromatic rings. The number of carbonyl (C=O) groups excluding carboxylic acids is 1. The number of Topliss-reactive ketones (excluding diaryl/α,β-unsaturated/α-hetero) is 1. The molecular formula is C18H19NO2. The molecule has 0 bridgehead atoms. The molecule has 3 nitrogen and oxygen atoms in total. The van der Waals surface area contributed by atoms with Crippen LogP contribution in [0.15, 0.2) is 36.4 Å². The van der Waals surface area contributed by atoms with E-state index in [0.717, 1.165) is 23.2 Å². The van der Waals surface area contributed by atoms with Crippen molar-refractivity contribution in [3.05, 3.63) is 58.7 Å².